The molecule has 4 rings (SSSR count). The van der Waals surface area contributed by atoms with E-state index in [2.05, 4.69) is 15.3 Å². The van der Waals surface area contributed by atoms with Crippen LogP contribution in [-0.2, 0) is 5.54 Å². The van der Waals surface area contributed by atoms with Crippen molar-refractivity contribution in [2.45, 2.75) is 18.4 Å². The molecular weight excluding hydrogens is 246 g/mol. The highest BCUT2D eigenvalue weighted by Crippen LogP contribution is 2.44. The van der Waals surface area contributed by atoms with Gasteiger partial charge in [-0.1, -0.05) is 6.07 Å². The summed E-state index contributed by atoms with van der Waals surface area (Å²) in [6, 6.07) is 5.93. The Balaban J connectivity index is 1.79. The van der Waals surface area contributed by atoms with E-state index >= 15 is 0 Å². The van der Waals surface area contributed by atoms with E-state index in [0.29, 0.717) is 0 Å². The standard InChI is InChI=1S/C13H11N3OS/c14-13(3-4-13)12-16-10(6-18-12)8-1-2-9-11(5-8)17-7-15-9/h1-2,5-7H,3-4,14H2. The summed E-state index contributed by atoms with van der Waals surface area (Å²) in [6.07, 6.45) is 3.54. The Kier molecular flexibility index (Phi) is 1.93. The molecule has 0 saturated heterocycles. The van der Waals surface area contributed by atoms with Crippen LogP contribution in [0.25, 0.3) is 22.4 Å². The first kappa shape index (κ1) is 10.2. The van der Waals surface area contributed by atoms with Gasteiger partial charge < -0.3 is 10.2 Å². The first-order valence-corrected chi connectivity index (χ1v) is 6.71. The Labute approximate surface area is 107 Å². The average Bonchev–Trinajstić information content (AvgIpc) is 2.89. The van der Waals surface area contributed by atoms with Gasteiger partial charge in [0.15, 0.2) is 12.0 Å². The highest BCUT2D eigenvalue weighted by molar-refractivity contribution is 7.10. The summed E-state index contributed by atoms with van der Waals surface area (Å²) in [4.78, 5) is 8.74. The number of hydrogen-bond donors (Lipinski definition) is 1. The van der Waals surface area contributed by atoms with Gasteiger partial charge in [-0.05, 0) is 25.0 Å². The van der Waals surface area contributed by atoms with Crippen molar-refractivity contribution in [2.24, 2.45) is 5.73 Å². The van der Waals surface area contributed by atoms with Crippen molar-refractivity contribution in [1.29, 1.82) is 0 Å². The number of rotatable bonds is 2. The molecule has 0 amide bonds. The molecule has 90 valence electrons. The highest BCUT2D eigenvalue weighted by Gasteiger charge is 2.42. The van der Waals surface area contributed by atoms with Gasteiger partial charge in [-0.25, -0.2) is 9.97 Å². The Morgan fingerprint density at radius 1 is 1.33 bits per heavy atom. The van der Waals surface area contributed by atoms with Gasteiger partial charge in [-0.3, -0.25) is 0 Å². The number of hydrogen-bond acceptors (Lipinski definition) is 5. The number of aromatic nitrogens is 2. The Morgan fingerprint density at radius 3 is 3.06 bits per heavy atom. The SMILES string of the molecule is NC1(c2nc(-c3ccc4ncoc4c3)cs2)CC1. The quantitative estimate of drug-likeness (QED) is 0.766. The molecule has 2 heterocycles. The Morgan fingerprint density at radius 2 is 2.22 bits per heavy atom. The topological polar surface area (TPSA) is 64.9 Å². The summed E-state index contributed by atoms with van der Waals surface area (Å²) in [5, 5.41) is 3.09. The van der Waals surface area contributed by atoms with E-state index in [1.54, 1.807) is 11.3 Å². The summed E-state index contributed by atoms with van der Waals surface area (Å²) >= 11 is 1.64. The fraction of sp³-hybridized carbons (Fsp3) is 0.231. The summed E-state index contributed by atoms with van der Waals surface area (Å²) in [5.41, 5.74) is 9.66. The zero-order valence-corrected chi connectivity index (χ0v) is 10.4. The van der Waals surface area contributed by atoms with Crippen molar-refractivity contribution >= 4 is 22.4 Å². The Bertz CT molecular complexity index is 727. The van der Waals surface area contributed by atoms with E-state index in [1.165, 1.54) is 6.39 Å². The molecule has 1 fully saturated rings. The lowest BCUT2D eigenvalue weighted by Gasteiger charge is -2.01. The lowest BCUT2D eigenvalue weighted by Crippen LogP contribution is -2.18. The summed E-state index contributed by atoms with van der Waals surface area (Å²) in [5.74, 6) is 0. The van der Waals surface area contributed by atoms with Crippen LogP contribution < -0.4 is 5.73 Å². The van der Waals surface area contributed by atoms with Crippen LogP contribution >= 0.6 is 11.3 Å². The van der Waals surface area contributed by atoms with E-state index in [1.807, 2.05) is 18.2 Å². The molecule has 1 aliphatic carbocycles. The lowest BCUT2D eigenvalue weighted by atomic mass is 10.1. The molecule has 3 aromatic rings. The van der Waals surface area contributed by atoms with E-state index in [9.17, 15) is 0 Å². The minimum Gasteiger partial charge on any atom is -0.443 e. The predicted molar refractivity (Wildman–Crippen MR) is 70.2 cm³/mol. The monoisotopic (exact) mass is 257 g/mol. The third kappa shape index (κ3) is 1.48. The van der Waals surface area contributed by atoms with Crippen LogP contribution in [0.3, 0.4) is 0 Å². The number of oxazole rings is 1. The number of fused-ring (bicyclic) bond motifs is 1. The van der Waals surface area contributed by atoms with Gasteiger partial charge in [-0.15, -0.1) is 11.3 Å². The molecule has 0 bridgehead atoms. The van der Waals surface area contributed by atoms with Crippen LogP contribution in [0.5, 0.6) is 0 Å². The molecular formula is C13H11N3OS. The van der Waals surface area contributed by atoms with Gasteiger partial charge >= 0.3 is 0 Å². The minimum atomic E-state index is -0.154. The third-order valence-corrected chi connectivity index (χ3v) is 4.41. The molecule has 2 N–H and O–H groups in total. The maximum Gasteiger partial charge on any atom is 0.181 e. The minimum absolute atomic E-state index is 0.154. The van der Waals surface area contributed by atoms with Gasteiger partial charge in [-0.2, -0.15) is 0 Å². The van der Waals surface area contributed by atoms with Gasteiger partial charge in [0.1, 0.15) is 10.5 Å². The third-order valence-electron chi connectivity index (χ3n) is 3.35. The van der Waals surface area contributed by atoms with Crippen molar-refractivity contribution in [3.8, 4) is 11.3 Å². The average molecular weight is 257 g/mol. The predicted octanol–water partition coefficient (Wildman–Crippen LogP) is 2.90. The molecule has 1 aromatic carbocycles. The number of nitrogens with two attached hydrogens (primary N) is 1. The van der Waals surface area contributed by atoms with Gasteiger partial charge in [0.2, 0.25) is 0 Å². The fourth-order valence-corrected chi connectivity index (χ4v) is 3.00. The lowest BCUT2D eigenvalue weighted by molar-refractivity contribution is 0.602. The number of nitrogens with zero attached hydrogens (tertiary/aromatic N) is 2. The van der Waals surface area contributed by atoms with Crippen LogP contribution in [0.1, 0.15) is 17.8 Å². The molecule has 0 spiro atoms. The molecule has 5 heteroatoms. The van der Waals surface area contributed by atoms with Crippen LogP contribution in [0.2, 0.25) is 0 Å². The molecule has 1 aliphatic rings. The van der Waals surface area contributed by atoms with Crippen molar-refractivity contribution in [1.82, 2.24) is 9.97 Å². The maximum absolute atomic E-state index is 6.15. The second-order valence-corrected chi connectivity index (χ2v) is 5.59. The molecule has 0 atom stereocenters. The molecule has 1 saturated carbocycles. The van der Waals surface area contributed by atoms with Crippen molar-refractivity contribution in [2.75, 3.05) is 0 Å². The van der Waals surface area contributed by atoms with Crippen LogP contribution in [-0.4, -0.2) is 9.97 Å². The van der Waals surface area contributed by atoms with Crippen LogP contribution in [0.15, 0.2) is 34.4 Å². The molecule has 0 aliphatic heterocycles. The molecule has 2 aromatic heterocycles. The number of thiazole rings is 1. The maximum atomic E-state index is 6.15. The second-order valence-electron chi connectivity index (χ2n) is 4.73. The van der Waals surface area contributed by atoms with Crippen LogP contribution in [0, 0.1) is 0 Å². The second kappa shape index (κ2) is 3.40. The smallest absolute Gasteiger partial charge is 0.181 e. The normalized spacial score (nSPS) is 17.2. The summed E-state index contributed by atoms with van der Waals surface area (Å²) in [7, 11) is 0. The first-order chi connectivity index (χ1) is 8.74. The van der Waals surface area contributed by atoms with Gasteiger partial charge in [0, 0.05) is 10.9 Å². The van der Waals surface area contributed by atoms with Crippen molar-refractivity contribution < 1.29 is 4.42 Å². The van der Waals surface area contributed by atoms with Crippen molar-refractivity contribution in [3.63, 3.8) is 0 Å². The highest BCUT2D eigenvalue weighted by atomic mass is 32.1. The largest absolute Gasteiger partial charge is 0.443 e. The molecule has 4 nitrogen and oxygen atoms in total. The zero-order valence-electron chi connectivity index (χ0n) is 9.59. The fourth-order valence-electron chi connectivity index (χ4n) is 2.00. The summed E-state index contributed by atoms with van der Waals surface area (Å²) in [6.45, 7) is 0. The van der Waals surface area contributed by atoms with E-state index < -0.39 is 0 Å². The first-order valence-electron chi connectivity index (χ1n) is 5.83. The zero-order chi connectivity index (χ0) is 12.2. The molecule has 0 radical (unpaired) electrons. The van der Waals surface area contributed by atoms with E-state index in [4.69, 9.17) is 10.2 Å². The molecule has 0 unspecified atom stereocenters. The number of benzene rings is 1. The Hall–Kier alpha value is -1.72. The van der Waals surface area contributed by atoms with Crippen LogP contribution in [0.4, 0.5) is 0 Å². The van der Waals surface area contributed by atoms with E-state index in [0.717, 1.165) is 40.2 Å². The van der Waals surface area contributed by atoms with Gasteiger partial charge in [0.25, 0.3) is 0 Å². The van der Waals surface area contributed by atoms with Gasteiger partial charge in [0.05, 0.1) is 11.2 Å². The molecule has 18 heavy (non-hydrogen) atoms. The van der Waals surface area contributed by atoms with Crippen molar-refractivity contribution in [3.05, 3.63) is 35.0 Å². The summed E-state index contributed by atoms with van der Waals surface area (Å²) < 4.78 is 5.31. The van der Waals surface area contributed by atoms with E-state index in [-0.39, 0.29) is 5.54 Å².